The van der Waals surface area contributed by atoms with Gasteiger partial charge < -0.3 is 9.64 Å². The molecule has 2 nitrogen and oxygen atoms in total. The first-order valence-corrected chi connectivity index (χ1v) is 5.57. The molecule has 0 atom stereocenters. The van der Waals surface area contributed by atoms with Gasteiger partial charge in [-0.25, -0.2) is 0 Å². The average molecular weight is 205 g/mol. The molecule has 82 valence electrons. The van der Waals surface area contributed by atoms with Gasteiger partial charge in [0.15, 0.2) is 0 Å². The first-order chi connectivity index (χ1) is 7.27. The molecule has 0 N–H and O–H groups in total. The van der Waals surface area contributed by atoms with E-state index in [1.54, 1.807) is 0 Å². The molecule has 0 aliphatic carbocycles. The van der Waals surface area contributed by atoms with Crippen LogP contribution >= 0.6 is 0 Å². The summed E-state index contributed by atoms with van der Waals surface area (Å²) < 4.78 is 5.52. The van der Waals surface area contributed by atoms with Crippen molar-refractivity contribution in [1.29, 1.82) is 0 Å². The minimum Gasteiger partial charge on any atom is -0.500 e. The van der Waals surface area contributed by atoms with E-state index in [0.29, 0.717) is 0 Å². The molecule has 1 spiro atoms. The molecule has 2 rings (SSSR count). The Morgan fingerprint density at radius 2 is 2.20 bits per heavy atom. The van der Waals surface area contributed by atoms with Crippen LogP contribution in [0.25, 0.3) is 0 Å². The average Bonchev–Trinajstić information content (AvgIpc) is 2.63. The van der Waals surface area contributed by atoms with Crippen molar-refractivity contribution in [2.75, 3.05) is 26.7 Å². The van der Waals surface area contributed by atoms with Gasteiger partial charge in [-0.1, -0.05) is 24.8 Å². The second-order valence-corrected chi connectivity index (χ2v) is 4.56. The molecule has 0 radical (unpaired) electrons. The zero-order valence-electron chi connectivity index (χ0n) is 9.41. The van der Waals surface area contributed by atoms with Crippen LogP contribution in [0.15, 0.2) is 36.6 Å². The monoisotopic (exact) mass is 205 g/mol. The summed E-state index contributed by atoms with van der Waals surface area (Å²) in [4.78, 5) is 2.39. The number of ether oxygens (including phenoxy) is 1. The zero-order valence-corrected chi connectivity index (χ0v) is 9.41. The van der Waals surface area contributed by atoms with Gasteiger partial charge in [-0.2, -0.15) is 0 Å². The second-order valence-electron chi connectivity index (χ2n) is 4.56. The lowest BCUT2D eigenvalue weighted by Gasteiger charge is -2.37. The number of allylic oxidation sites excluding steroid dienone is 3. The van der Waals surface area contributed by atoms with Crippen LogP contribution in [-0.4, -0.2) is 31.6 Å². The highest BCUT2D eigenvalue weighted by Gasteiger charge is 2.39. The molecule has 0 bridgehead atoms. The normalized spacial score (nSPS) is 25.5. The largest absolute Gasteiger partial charge is 0.500 e. The minimum atomic E-state index is 0.284. The lowest BCUT2D eigenvalue weighted by molar-refractivity contribution is 0.105. The summed E-state index contributed by atoms with van der Waals surface area (Å²) in [5, 5.41) is 0. The Kier molecular flexibility index (Phi) is 2.96. The third kappa shape index (κ3) is 2.00. The van der Waals surface area contributed by atoms with Crippen molar-refractivity contribution in [3.63, 3.8) is 0 Å². The minimum absolute atomic E-state index is 0.284. The van der Waals surface area contributed by atoms with Gasteiger partial charge in [0.05, 0.1) is 12.9 Å². The summed E-state index contributed by atoms with van der Waals surface area (Å²) in [5.74, 6) is 0. The van der Waals surface area contributed by atoms with Crippen LogP contribution in [0.1, 0.15) is 12.8 Å². The van der Waals surface area contributed by atoms with Gasteiger partial charge in [-0.15, -0.1) is 0 Å². The van der Waals surface area contributed by atoms with E-state index in [0.717, 1.165) is 6.61 Å². The molecular formula is C13H19NO. The quantitative estimate of drug-likeness (QED) is 0.642. The highest BCUT2D eigenvalue weighted by Crippen LogP contribution is 2.42. The zero-order chi connectivity index (χ0) is 10.7. The van der Waals surface area contributed by atoms with Crippen LogP contribution in [0, 0.1) is 5.41 Å². The van der Waals surface area contributed by atoms with E-state index in [1.165, 1.54) is 31.5 Å². The third-order valence-electron chi connectivity index (χ3n) is 3.54. The van der Waals surface area contributed by atoms with Crippen LogP contribution in [0.4, 0.5) is 0 Å². The Hall–Kier alpha value is -1.02. The van der Waals surface area contributed by atoms with Crippen LogP contribution in [0.2, 0.25) is 0 Å². The van der Waals surface area contributed by atoms with Crippen molar-refractivity contribution in [3.05, 3.63) is 36.6 Å². The van der Waals surface area contributed by atoms with E-state index in [-0.39, 0.29) is 5.41 Å². The predicted molar refractivity (Wildman–Crippen MR) is 62.5 cm³/mol. The standard InChI is InChI=1S/C13H19NO/c1-3-4-5-12-10-15-11-13(12)6-8-14(2)9-7-13/h3-5,10H,1,6-9,11H2,2H3/b5-4-. The van der Waals surface area contributed by atoms with Gasteiger partial charge in [0, 0.05) is 5.41 Å². The second kappa shape index (κ2) is 4.23. The van der Waals surface area contributed by atoms with Gasteiger partial charge in [-0.05, 0) is 38.6 Å². The van der Waals surface area contributed by atoms with E-state index >= 15 is 0 Å². The van der Waals surface area contributed by atoms with Crippen molar-refractivity contribution in [2.24, 2.45) is 5.41 Å². The van der Waals surface area contributed by atoms with Crippen LogP contribution in [0.3, 0.4) is 0 Å². The van der Waals surface area contributed by atoms with Crippen LogP contribution in [0.5, 0.6) is 0 Å². The third-order valence-corrected chi connectivity index (χ3v) is 3.54. The smallest absolute Gasteiger partial charge is 0.0972 e. The molecule has 0 saturated carbocycles. The number of piperidine rings is 1. The maximum absolute atomic E-state index is 5.52. The molecule has 2 aliphatic rings. The molecule has 2 heterocycles. The van der Waals surface area contributed by atoms with E-state index in [1.807, 2.05) is 18.4 Å². The van der Waals surface area contributed by atoms with Crippen LogP contribution < -0.4 is 0 Å². The molecular weight excluding hydrogens is 186 g/mol. The summed E-state index contributed by atoms with van der Waals surface area (Å²) >= 11 is 0. The number of nitrogens with zero attached hydrogens (tertiary/aromatic N) is 1. The van der Waals surface area contributed by atoms with E-state index in [2.05, 4.69) is 24.6 Å². The first kappa shape index (κ1) is 10.5. The fourth-order valence-corrected chi connectivity index (χ4v) is 2.37. The molecule has 0 amide bonds. The molecule has 0 aromatic rings. The molecule has 0 aromatic carbocycles. The van der Waals surface area contributed by atoms with Gasteiger partial charge in [0.2, 0.25) is 0 Å². The Morgan fingerprint density at radius 1 is 1.47 bits per heavy atom. The number of likely N-dealkylation sites (tertiary alicyclic amines) is 1. The van der Waals surface area contributed by atoms with Gasteiger partial charge in [0.1, 0.15) is 0 Å². The summed E-state index contributed by atoms with van der Waals surface area (Å²) in [6.07, 6.45) is 10.3. The van der Waals surface area contributed by atoms with Crippen molar-refractivity contribution in [3.8, 4) is 0 Å². The summed E-state index contributed by atoms with van der Waals surface area (Å²) in [7, 11) is 2.19. The lowest BCUT2D eigenvalue weighted by atomic mass is 9.74. The fraction of sp³-hybridized carbons (Fsp3) is 0.538. The highest BCUT2D eigenvalue weighted by atomic mass is 16.5. The predicted octanol–water partition coefficient (Wildman–Crippen LogP) is 2.35. The molecule has 0 aromatic heterocycles. The Balaban J connectivity index is 2.11. The first-order valence-electron chi connectivity index (χ1n) is 5.57. The maximum Gasteiger partial charge on any atom is 0.0972 e. The molecule has 15 heavy (non-hydrogen) atoms. The Labute approximate surface area is 91.9 Å². The topological polar surface area (TPSA) is 12.5 Å². The van der Waals surface area contributed by atoms with Crippen molar-refractivity contribution < 1.29 is 4.74 Å². The van der Waals surface area contributed by atoms with Gasteiger partial charge in [0.25, 0.3) is 0 Å². The number of hydrogen-bond acceptors (Lipinski definition) is 2. The maximum atomic E-state index is 5.52. The van der Waals surface area contributed by atoms with Crippen LogP contribution in [-0.2, 0) is 4.74 Å². The number of rotatable bonds is 2. The summed E-state index contributed by atoms with van der Waals surface area (Å²) in [5.41, 5.74) is 1.63. The molecule has 2 heteroatoms. The fourth-order valence-electron chi connectivity index (χ4n) is 2.37. The molecule has 2 aliphatic heterocycles. The molecule has 1 fully saturated rings. The van der Waals surface area contributed by atoms with Gasteiger partial charge >= 0.3 is 0 Å². The molecule has 1 saturated heterocycles. The highest BCUT2D eigenvalue weighted by molar-refractivity contribution is 5.31. The van der Waals surface area contributed by atoms with E-state index < -0.39 is 0 Å². The van der Waals surface area contributed by atoms with E-state index in [4.69, 9.17) is 4.74 Å². The van der Waals surface area contributed by atoms with Crippen molar-refractivity contribution >= 4 is 0 Å². The summed E-state index contributed by atoms with van der Waals surface area (Å²) in [6, 6.07) is 0. The summed E-state index contributed by atoms with van der Waals surface area (Å²) in [6.45, 7) is 6.90. The Bertz CT molecular complexity index is 296. The van der Waals surface area contributed by atoms with Crippen molar-refractivity contribution in [1.82, 2.24) is 4.90 Å². The molecule has 0 unspecified atom stereocenters. The lowest BCUT2D eigenvalue weighted by Crippen LogP contribution is -2.39. The Morgan fingerprint density at radius 3 is 2.87 bits per heavy atom. The van der Waals surface area contributed by atoms with E-state index in [9.17, 15) is 0 Å². The van der Waals surface area contributed by atoms with Gasteiger partial charge in [-0.3, -0.25) is 0 Å². The SMILES string of the molecule is C=C/C=C\C1=COCC12CCN(C)CC2. The number of hydrogen-bond donors (Lipinski definition) is 0. The van der Waals surface area contributed by atoms with Crippen molar-refractivity contribution in [2.45, 2.75) is 12.8 Å².